The van der Waals surface area contributed by atoms with E-state index in [1.807, 2.05) is 0 Å². The van der Waals surface area contributed by atoms with E-state index in [0.29, 0.717) is 5.92 Å². The summed E-state index contributed by atoms with van der Waals surface area (Å²) in [6.07, 6.45) is 11.5. The van der Waals surface area contributed by atoms with Crippen LogP contribution in [0.4, 0.5) is 0 Å². The maximum absolute atomic E-state index is 2.28. The molecule has 0 unspecified atom stereocenters. The van der Waals surface area contributed by atoms with Gasteiger partial charge in [0.2, 0.25) is 0 Å². The van der Waals surface area contributed by atoms with Gasteiger partial charge in [-0.1, -0.05) is 82.7 Å². The van der Waals surface area contributed by atoms with E-state index in [9.17, 15) is 0 Å². The first-order chi connectivity index (χ1) is 8.67. The van der Waals surface area contributed by atoms with Crippen LogP contribution in [0.5, 0.6) is 0 Å². The normalized spacial score (nSPS) is 13.8. The Hall–Kier alpha value is -1.30. The monoisotopic (exact) mass is 242 g/mol. The highest BCUT2D eigenvalue weighted by Crippen LogP contribution is 2.20. The van der Waals surface area contributed by atoms with Gasteiger partial charge in [-0.3, -0.25) is 0 Å². The van der Waals surface area contributed by atoms with Crippen LogP contribution in [0.15, 0.2) is 36.4 Å². The van der Waals surface area contributed by atoms with E-state index in [2.05, 4.69) is 76.3 Å². The molecule has 98 valence electrons. The van der Waals surface area contributed by atoms with Gasteiger partial charge in [0.1, 0.15) is 0 Å². The molecule has 0 amide bonds. The van der Waals surface area contributed by atoms with E-state index in [4.69, 9.17) is 0 Å². The minimum atomic E-state index is 0.604. The lowest BCUT2D eigenvalue weighted by molar-refractivity contribution is 0.626. The topological polar surface area (TPSA) is 0 Å². The van der Waals surface area contributed by atoms with Gasteiger partial charge in [-0.2, -0.15) is 0 Å². The highest BCUT2D eigenvalue weighted by molar-refractivity contribution is 5.67. The van der Waals surface area contributed by atoms with Crippen molar-refractivity contribution in [1.82, 2.24) is 0 Å². The van der Waals surface area contributed by atoms with Crippen molar-refractivity contribution in [2.75, 3.05) is 0 Å². The fourth-order valence-electron chi connectivity index (χ4n) is 1.61. The van der Waals surface area contributed by atoms with Gasteiger partial charge in [0, 0.05) is 0 Å². The summed E-state index contributed by atoms with van der Waals surface area (Å²) in [4.78, 5) is 0. The molecule has 0 heterocycles. The summed E-state index contributed by atoms with van der Waals surface area (Å²) >= 11 is 0. The fourth-order valence-corrected chi connectivity index (χ4v) is 1.61. The van der Waals surface area contributed by atoms with E-state index in [-0.39, 0.29) is 0 Å². The van der Waals surface area contributed by atoms with Crippen molar-refractivity contribution >= 4 is 12.2 Å². The van der Waals surface area contributed by atoms with Crippen LogP contribution in [0.2, 0.25) is 0 Å². The van der Waals surface area contributed by atoms with Gasteiger partial charge in [0.15, 0.2) is 0 Å². The average molecular weight is 242 g/mol. The smallest absolute Gasteiger partial charge is 0.00494 e. The lowest BCUT2D eigenvalue weighted by atomic mass is 10.1. The zero-order valence-electron chi connectivity index (χ0n) is 12.2. The Morgan fingerprint density at radius 1 is 0.944 bits per heavy atom. The molecule has 2 rings (SSSR count). The van der Waals surface area contributed by atoms with Gasteiger partial charge < -0.3 is 0 Å². The Bertz CT molecular complexity index is 363. The maximum Gasteiger partial charge on any atom is -0.00494 e. The Labute approximate surface area is 112 Å². The van der Waals surface area contributed by atoms with Crippen molar-refractivity contribution in [3.8, 4) is 0 Å². The molecule has 0 fully saturated rings. The zero-order valence-corrected chi connectivity index (χ0v) is 12.2. The largest absolute Gasteiger partial charge is 0.0770 e. The minimum Gasteiger partial charge on any atom is -0.0770 e. The van der Waals surface area contributed by atoms with Gasteiger partial charge in [0.25, 0.3) is 0 Å². The molecule has 0 saturated heterocycles. The SMILES string of the molecule is CCC(C)C.CCC1C=Cc2ccccc2C=C1. The predicted molar refractivity (Wildman–Crippen MR) is 83.4 cm³/mol. The summed E-state index contributed by atoms with van der Waals surface area (Å²) in [6, 6.07) is 8.50. The highest BCUT2D eigenvalue weighted by Gasteiger charge is 2.02. The summed E-state index contributed by atoms with van der Waals surface area (Å²) in [5.74, 6) is 1.49. The van der Waals surface area contributed by atoms with Crippen molar-refractivity contribution in [2.24, 2.45) is 11.8 Å². The van der Waals surface area contributed by atoms with Crippen LogP contribution < -0.4 is 0 Å². The van der Waals surface area contributed by atoms with Gasteiger partial charge in [-0.25, -0.2) is 0 Å². The zero-order chi connectivity index (χ0) is 13.4. The van der Waals surface area contributed by atoms with Crippen molar-refractivity contribution in [3.63, 3.8) is 0 Å². The van der Waals surface area contributed by atoms with Crippen LogP contribution in [0.3, 0.4) is 0 Å². The third kappa shape index (κ3) is 4.91. The second-order valence-corrected chi connectivity index (χ2v) is 5.22. The predicted octanol–water partition coefficient (Wildman–Crippen LogP) is 5.81. The minimum absolute atomic E-state index is 0.604. The van der Waals surface area contributed by atoms with E-state index in [1.54, 1.807) is 0 Å². The molecule has 0 aliphatic heterocycles. The van der Waals surface area contributed by atoms with Crippen LogP contribution in [-0.4, -0.2) is 0 Å². The number of hydrogen-bond acceptors (Lipinski definition) is 0. The summed E-state index contributed by atoms with van der Waals surface area (Å²) in [7, 11) is 0. The van der Waals surface area contributed by atoms with Gasteiger partial charge in [-0.15, -0.1) is 0 Å². The number of rotatable bonds is 2. The number of fused-ring (bicyclic) bond motifs is 1. The summed E-state index contributed by atoms with van der Waals surface area (Å²) in [6.45, 7) is 8.86. The third-order valence-electron chi connectivity index (χ3n) is 3.33. The summed E-state index contributed by atoms with van der Waals surface area (Å²) in [5.41, 5.74) is 2.66. The van der Waals surface area contributed by atoms with Gasteiger partial charge in [0.05, 0.1) is 0 Å². The lowest BCUT2D eigenvalue weighted by Crippen LogP contribution is -1.84. The van der Waals surface area contributed by atoms with E-state index in [0.717, 1.165) is 5.92 Å². The van der Waals surface area contributed by atoms with Crippen LogP contribution in [0, 0.1) is 11.8 Å². The Morgan fingerprint density at radius 3 is 1.72 bits per heavy atom. The van der Waals surface area contributed by atoms with E-state index >= 15 is 0 Å². The third-order valence-corrected chi connectivity index (χ3v) is 3.33. The van der Waals surface area contributed by atoms with Crippen LogP contribution >= 0.6 is 0 Å². The van der Waals surface area contributed by atoms with E-state index in [1.165, 1.54) is 24.0 Å². The fraction of sp³-hybridized carbons (Fsp3) is 0.444. The van der Waals surface area contributed by atoms with Crippen molar-refractivity contribution in [3.05, 3.63) is 47.5 Å². The molecule has 1 aliphatic rings. The molecule has 0 saturated carbocycles. The van der Waals surface area contributed by atoms with Gasteiger partial charge >= 0.3 is 0 Å². The van der Waals surface area contributed by atoms with E-state index < -0.39 is 0 Å². The Balaban J connectivity index is 0.000000280. The van der Waals surface area contributed by atoms with Crippen LogP contribution in [0.25, 0.3) is 12.2 Å². The standard InChI is InChI=1S/C13H14.C5H12/c1-2-11-7-9-12-5-3-4-6-13(12)10-8-11;1-4-5(2)3/h3-11H,2H2,1H3;5H,4H2,1-3H3. The molecule has 1 aromatic carbocycles. The molecule has 1 aliphatic carbocycles. The molecule has 0 nitrogen and oxygen atoms in total. The molecule has 0 spiro atoms. The molecule has 0 atom stereocenters. The quantitative estimate of drug-likeness (QED) is 0.614. The molecule has 18 heavy (non-hydrogen) atoms. The van der Waals surface area contributed by atoms with Crippen LogP contribution in [-0.2, 0) is 0 Å². The molecule has 0 aromatic heterocycles. The Morgan fingerprint density at radius 2 is 1.39 bits per heavy atom. The molecule has 0 N–H and O–H groups in total. The average Bonchev–Trinajstić information content (AvgIpc) is 2.61. The van der Waals surface area contributed by atoms with Crippen molar-refractivity contribution in [1.29, 1.82) is 0 Å². The first-order valence-corrected chi connectivity index (χ1v) is 7.12. The first-order valence-electron chi connectivity index (χ1n) is 7.12. The summed E-state index contributed by atoms with van der Waals surface area (Å²) < 4.78 is 0. The Kier molecular flexibility index (Phi) is 6.49. The maximum atomic E-state index is 2.28. The molecule has 0 bridgehead atoms. The van der Waals surface area contributed by atoms with Crippen molar-refractivity contribution in [2.45, 2.75) is 40.5 Å². The second-order valence-electron chi connectivity index (χ2n) is 5.22. The molecule has 0 radical (unpaired) electrons. The molecule has 0 heteroatoms. The second kappa shape index (κ2) is 7.92. The molecular formula is C18H26. The highest BCUT2D eigenvalue weighted by atomic mass is 14.1. The molecular weight excluding hydrogens is 216 g/mol. The number of allylic oxidation sites excluding steroid dienone is 2. The summed E-state index contributed by atoms with van der Waals surface area (Å²) in [5, 5.41) is 0. The van der Waals surface area contributed by atoms with Crippen molar-refractivity contribution < 1.29 is 0 Å². The van der Waals surface area contributed by atoms with Gasteiger partial charge in [-0.05, 0) is 29.4 Å². The first kappa shape index (κ1) is 14.8. The lowest BCUT2D eigenvalue weighted by Gasteiger charge is -1.98. The number of hydrogen-bond donors (Lipinski definition) is 0. The molecule has 1 aromatic rings. The number of benzene rings is 1. The van der Waals surface area contributed by atoms with Crippen LogP contribution in [0.1, 0.15) is 51.7 Å².